The minimum Gasteiger partial charge on any atom is -0.355 e. The first-order valence-corrected chi connectivity index (χ1v) is 4.50. The third-order valence-electron chi connectivity index (χ3n) is 2.03. The molecule has 0 heterocycles. The third-order valence-corrected chi connectivity index (χ3v) is 2.03. The summed E-state index contributed by atoms with van der Waals surface area (Å²) in [5, 5.41) is 3.29. The number of rotatable bonds is 7. The first-order chi connectivity index (χ1) is 5.74. The average Bonchev–Trinajstić information content (AvgIpc) is 2.12. The van der Waals surface area contributed by atoms with Gasteiger partial charge in [0, 0.05) is 20.8 Å². The Labute approximate surface area is 75.4 Å². The van der Waals surface area contributed by atoms with Crippen molar-refractivity contribution < 1.29 is 9.47 Å². The third kappa shape index (κ3) is 5.52. The van der Waals surface area contributed by atoms with E-state index in [1.54, 1.807) is 14.2 Å². The highest BCUT2D eigenvalue weighted by Crippen LogP contribution is 1.97. The van der Waals surface area contributed by atoms with Gasteiger partial charge in [-0.25, -0.2) is 0 Å². The molecular weight excluding hydrogens is 154 g/mol. The topological polar surface area (TPSA) is 30.5 Å². The minimum atomic E-state index is -0.117. The van der Waals surface area contributed by atoms with Crippen LogP contribution in [-0.4, -0.2) is 33.6 Å². The van der Waals surface area contributed by atoms with Gasteiger partial charge in [0.15, 0.2) is 6.29 Å². The number of hydrogen-bond acceptors (Lipinski definition) is 3. The van der Waals surface area contributed by atoms with E-state index in [0.29, 0.717) is 0 Å². The van der Waals surface area contributed by atoms with Gasteiger partial charge in [0.05, 0.1) is 0 Å². The van der Waals surface area contributed by atoms with Crippen molar-refractivity contribution in [2.45, 2.75) is 26.6 Å². The summed E-state index contributed by atoms with van der Waals surface area (Å²) in [4.78, 5) is 0. The Bertz CT molecular complexity index is 94.5. The molecule has 0 saturated heterocycles. The summed E-state index contributed by atoms with van der Waals surface area (Å²) in [6.07, 6.45) is 1.09. The van der Waals surface area contributed by atoms with Crippen LogP contribution in [0.4, 0.5) is 0 Å². The molecule has 0 aliphatic rings. The maximum atomic E-state index is 5.03. The number of methoxy groups -OCH3 is 2. The molecule has 0 aromatic carbocycles. The molecule has 0 radical (unpaired) electrons. The van der Waals surface area contributed by atoms with Gasteiger partial charge < -0.3 is 14.8 Å². The van der Waals surface area contributed by atoms with Crippen molar-refractivity contribution in [1.29, 1.82) is 0 Å². The average molecular weight is 175 g/mol. The normalized spacial score (nSPS) is 13.8. The van der Waals surface area contributed by atoms with Crippen LogP contribution in [0.2, 0.25) is 0 Å². The van der Waals surface area contributed by atoms with Gasteiger partial charge in [-0.05, 0) is 12.5 Å². The molecule has 74 valence electrons. The largest absolute Gasteiger partial charge is 0.355 e. The van der Waals surface area contributed by atoms with Crippen LogP contribution >= 0.6 is 0 Å². The van der Waals surface area contributed by atoms with Crippen molar-refractivity contribution in [3.63, 3.8) is 0 Å². The van der Waals surface area contributed by atoms with Crippen molar-refractivity contribution in [2.75, 3.05) is 27.3 Å². The van der Waals surface area contributed by atoms with E-state index in [-0.39, 0.29) is 6.29 Å². The fraction of sp³-hybridized carbons (Fsp3) is 1.00. The van der Waals surface area contributed by atoms with E-state index in [9.17, 15) is 0 Å². The van der Waals surface area contributed by atoms with Gasteiger partial charge in [-0.15, -0.1) is 0 Å². The molecule has 0 rings (SSSR count). The first-order valence-electron chi connectivity index (χ1n) is 4.50. The van der Waals surface area contributed by atoms with Crippen LogP contribution in [0, 0.1) is 5.92 Å². The Morgan fingerprint density at radius 2 is 1.75 bits per heavy atom. The SMILES string of the molecule is CCC(C)CNCC(OC)OC. The fourth-order valence-corrected chi connectivity index (χ4v) is 0.855. The summed E-state index contributed by atoms with van der Waals surface area (Å²) < 4.78 is 10.1. The zero-order valence-corrected chi connectivity index (χ0v) is 8.59. The van der Waals surface area contributed by atoms with E-state index in [1.807, 2.05) is 0 Å². The molecule has 12 heavy (non-hydrogen) atoms. The molecule has 0 aliphatic heterocycles. The predicted octanol–water partition coefficient (Wildman–Crippen LogP) is 1.24. The van der Waals surface area contributed by atoms with Gasteiger partial charge in [0.25, 0.3) is 0 Å². The van der Waals surface area contributed by atoms with Crippen LogP contribution in [0.1, 0.15) is 20.3 Å². The van der Waals surface area contributed by atoms with E-state index < -0.39 is 0 Å². The van der Waals surface area contributed by atoms with Crippen LogP contribution in [0.25, 0.3) is 0 Å². The van der Waals surface area contributed by atoms with Crippen LogP contribution < -0.4 is 5.32 Å². The maximum Gasteiger partial charge on any atom is 0.169 e. The van der Waals surface area contributed by atoms with Gasteiger partial charge >= 0.3 is 0 Å². The van der Waals surface area contributed by atoms with Crippen LogP contribution in [0.15, 0.2) is 0 Å². The number of hydrogen-bond donors (Lipinski definition) is 1. The lowest BCUT2D eigenvalue weighted by atomic mass is 10.1. The second-order valence-corrected chi connectivity index (χ2v) is 3.07. The van der Waals surface area contributed by atoms with E-state index in [4.69, 9.17) is 9.47 Å². The van der Waals surface area contributed by atoms with E-state index in [2.05, 4.69) is 19.2 Å². The standard InChI is InChI=1S/C9H21NO2/c1-5-8(2)6-10-7-9(11-3)12-4/h8-10H,5-7H2,1-4H3. The van der Waals surface area contributed by atoms with Gasteiger partial charge in [-0.2, -0.15) is 0 Å². The van der Waals surface area contributed by atoms with Gasteiger partial charge in [-0.1, -0.05) is 20.3 Å². The van der Waals surface area contributed by atoms with Crippen molar-refractivity contribution >= 4 is 0 Å². The quantitative estimate of drug-likeness (QED) is 0.591. The summed E-state index contributed by atoms with van der Waals surface area (Å²) in [6.45, 7) is 6.20. The molecule has 0 fully saturated rings. The molecule has 3 heteroatoms. The molecule has 0 bridgehead atoms. The van der Waals surface area contributed by atoms with Gasteiger partial charge in [0.1, 0.15) is 0 Å². The lowest BCUT2D eigenvalue weighted by molar-refractivity contribution is -0.0989. The number of ether oxygens (including phenoxy) is 2. The van der Waals surface area contributed by atoms with Crippen molar-refractivity contribution in [2.24, 2.45) is 5.92 Å². The van der Waals surface area contributed by atoms with E-state index in [1.165, 1.54) is 6.42 Å². The van der Waals surface area contributed by atoms with Crippen molar-refractivity contribution in [1.82, 2.24) is 5.32 Å². The van der Waals surface area contributed by atoms with Crippen LogP contribution in [0.5, 0.6) is 0 Å². The molecule has 0 aromatic rings. The Morgan fingerprint density at radius 1 is 1.17 bits per heavy atom. The fourth-order valence-electron chi connectivity index (χ4n) is 0.855. The molecule has 3 nitrogen and oxygen atoms in total. The highest BCUT2D eigenvalue weighted by Gasteiger charge is 2.04. The smallest absolute Gasteiger partial charge is 0.169 e. The highest BCUT2D eigenvalue weighted by molar-refractivity contribution is 4.56. The molecule has 0 amide bonds. The van der Waals surface area contributed by atoms with Crippen LogP contribution in [0.3, 0.4) is 0 Å². The molecule has 1 atom stereocenters. The first kappa shape index (κ1) is 11.9. The van der Waals surface area contributed by atoms with E-state index >= 15 is 0 Å². The molecular formula is C9H21NO2. The Hall–Kier alpha value is -0.120. The lowest BCUT2D eigenvalue weighted by Crippen LogP contribution is -2.32. The van der Waals surface area contributed by atoms with Gasteiger partial charge in [-0.3, -0.25) is 0 Å². The maximum absolute atomic E-state index is 5.03. The lowest BCUT2D eigenvalue weighted by Gasteiger charge is -2.15. The Balaban J connectivity index is 3.28. The summed E-state index contributed by atoms with van der Waals surface area (Å²) in [5.74, 6) is 0.722. The van der Waals surface area contributed by atoms with E-state index in [0.717, 1.165) is 19.0 Å². The Kier molecular flexibility index (Phi) is 7.45. The molecule has 0 spiro atoms. The monoisotopic (exact) mass is 175 g/mol. The molecule has 1 N–H and O–H groups in total. The zero-order chi connectivity index (χ0) is 9.40. The zero-order valence-electron chi connectivity index (χ0n) is 8.59. The number of nitrogens with one attached hydrogen (secondary N) is 1. The molecule has 0 saturated carbocycles. The molecule has 0 aromatic heterocycles. The van der Waals surface area contributed by atoms with Crippen molar-refractivity contribution in [3.05, 3.63) is 0 Å². The Morgan fingerprint density at radius 3 is 2.17 bits per heavy atom. The molecule has 1 unspecified atom stereocenters. The second kappa shape index (κ2) is 7.53. The predicted molar refractivity (Wildman–Crippen MR) is 50.1 cm³/mol. The summed E-state index contributed by atoms with van der Waals surface area (Å²) in [5.41, 5.74) is 0. The summed E-state index contributed by atoms with van der Waals surface area (Å²) in [6, 6.07) is 0. The van der Waals surface area contributed by atoms with Crippen LogP contribution in [-0.2, 0) is 9.47 Å². The second-order valence-electron chi connectivity index (χ2n) is 3.07. The van der Waals surface area contributed by atoms with Crippen molar-refractivity contribution in [3.8, 4) is 0 Å². The van der Waals surface area contributed by atoms with Gasteiger partial charge in [0.2, 0.25) is 0 Å². The molecule has 0 aliphatic carbocycles. The summed E-state index contributed by atoms with van der Waals surface area (Å²) in [7, 11) is 3.30. The minimum absolute atomic E-state index is 0.117. The summed E-state index contributed by atoms with van der Waals surface area (Å²) >= 11 is 0. The highest BCUT2D eigenvalue weighted by atomic mass is 16.7.